The highest BCUT2D eigenvalue weighted by Gasteiger charge is 2.19. The molecule has 0 saturated carbocycles. The molecule has 0 aromatic carbocycles. The highest BCUT2D eigenvalue weighted by molar-refractivity contribution is 5.71. The molecule has 1 unspecified atom stereocenters. The first-order valence-corrected chi connectivity index (χ1v) is 27.3. The molecular weight excluding hydrogens is 841 g/mol. The number of carbonyl (C=O) groups excluding carboxylic acids is 3. The van der Waals surface area contributed by atoms with Gasteiger partial charge in [0.25, 0.3) is 0 Å². The van der Waals surface area contributed by atoms with Crippen LogP contribution in [0.3, 0.4) is 0 Å². The summed E-state index contributed by atoms with van der Waals surface area (Å²) in [5.41, 5.74) is 0. The number of ether oxygens (including phenoxy) is 3. The monoisotopic (exact) mass is 939 g/mol. The Morgan fingerprint density at radius 2 is 0.662 bits per heavy atom. The number of carbonyl (C=O) groups is 3. The van der Waals surface area contributed by atoms with Gasteiger partial charge < -0.3 is 14.2 Å². The summed E-state index contributed by atoms with van der Waals surface area (Å²) in [6.07, 6.45) is 77.2. The Hall–Kier alpha value is -4.45. The van der Waals surface area contributed by atoms with Crippen LogP contribution in [0.2, 0.25) is 0 Å². The number of hydrogen-bond donors (Lipinski definition) is 0. The minimum absolute atomic E-state index is 0.118. The number of hydrogen-bond acceptors (Lipinski definition) is 6. The Morgan fingerprint density at radius 1 is 0.324 bits per heavy atom. The first kappa shape index (κ1) is 63.5. The molecule has 0 radical (unpaired) electrons. The van der Waals surface area contributed by atoms with Crippen LogP contribution in [0.5, 0.6) is 0 Å². The van der Waals surface area contributed by atoms with E-state index in [1.165, 1.54) is 83.5 Å². The van der Waals surface area contributed by atoms with Crippen molar-refractivity contribution in [3.05, 3.63) is 134 Å². The van der Waals surface area contributed by atoms with E-state index in [1.807, 2.05) is 60.8 Å². The summed E-state index contributed by atoms with van der Waals surface area (Å²) in [7, 11) is 0. The molecule has 0 heterocycles. The second kappa shape index (κ2) is 55.1. The zero-order valence-corrected chi connectivity index (χ0v) is 43.6. The van der Waals surface area contributed by atoms with Gasteiger partial charge >= 0.3 is 17.9 Å². The molecule has 0 rings (SSSR count). The molecule has 68 heavy (non-hydrogen) atoms. The molecule has 0 spiro atoms. The van der Waals surface area contributed by atoms with Crippen LogP contribution in [0.25, 0.3) is 0 Å². The fraction of sp³-hybridized carbons (Fsp3) is 0.597. The molecule has 0 aromatic rings. The van der Waals surface area contributed by atoms with Crippen molar-refractivity contribution < 1.29 is 28.6 Å². The lowest BCUT2D eigenvalue weighted by Crippen LogP contribution is -2.30. The number of unbranched alkanes of at least 4 members (excludes halogenated alkanes) is 19. The SMILES string of the molecule is CC\C=C/C=C\C=C/C=C\C=C\C=C/CCCCCC(=O)OCC(COC(=O)CCCCCCCCCCCCCCCCCC)OC(=O)CCC/C=C\C/C=C\C/C=C\C/C=C\C/C=C\CC. The molecule has 0 aliphatic rings. The lowest BCUT2D eigenvalue weighted by atomic mass is 10.0. The maximum absolute atomic E-state index is 12.8. The molecule has 0 amide bonds. The van der Waals surface area contributed by atoms with E-state index in [4.69, 9.17) is 14.2 Å². The minimum atomic E-state index is -0.830. The van der Waals surface area contributed by atoms with E-state index in [-0.39, 0.29) is 37.5 Å². The van der Waals surface area contributed by atoms with Crippen molar-refractivity contribution in [2.24, 2.45) is 0 Å². The highest BCUT2D eigenvalue weighted by atomic mass is 16.6. The van der Waals surface area contributed by atoms with Gasteiger partial charge in [-0.2, -0.15) is 0 Å². The van der Waals surface area contributed by atoms with E-state index in [0.29, 0.717) is 19.3 Å². The van der Waals surface area contributed by atoms with Crippen molar-refractivity contribution in [3.8, 4) is 0 Å². The lowest BCUT2D eigenvalue weighted by molar-refractivity contribution is -0.167. The third-order valence-electron chi connectivity index (χ3n) is 11.1. The molecule has 1 atom stereocenters. The summed E-state index contributed by atoms with van der Waals surface area (Å²) in [5, 5.41) is 0. The van der Waals surface area contributed by atoms with E-state index in [1.54, 1.807) is 0 Å². The van der Waals surface area contributed by atoms with Crippen LogP contribution in [0.1, 0.15) is 220 Å². The van der Waals surface area contributed by atoms with E-state index in [2.05, 4.69) is 93.7 Å². The summed E-state index contributed by atoms with van der Waals surface area (Å²) in [4.78, 5) is 38.1. The minimum Gasteiger partial charge on any atom is -0.462 e. The first-order chi connectivity index (χ1) is 33.5. The largest absolute Gasteiger partial charge is 0.462 e. The van der Waals surface area contributed by atoms with Gasteiger partial charge in [0.05, 0.1) is 0 Å². The molecule has 0 aliphatic carbocycles. The predicted molar refractivity (Wildman–Crippen MR) is 292 cm³/mol. The van der Waals surface area contributed by atoms with Gasteiger partial charge in [-0.15, -0.1) is 0 Å². The maximum Gasteiger partial charge on any atom is 0.306 e. The van der Waals surface area contributed by atoms with Gasteiger partial charge in [0, 0.05) is 19.3 Å². The summed E-state index contributed by atoms with van der Waals surface area (Å²) >= 11 is 0. The van der Waals surface area contributed by atoms with Crippen molar-refractivity contribution in [2.75, 3.05) is 13.2 Å². The molecule has 382 valence electrons. The van der Waals surface area contributed by atoms with Crippen LogP contribution in [-0.4, -0.2) is 37.2 Å². The average Bonchev–Trinajstić information content (AvgIpc) is 3.34. The highest BCUT2D eigenvalue weighted by Crippen LogP contribution is 2.15. The molecular formula is C62H98O6. The van der Waals surface area contributed by atoms with E-state index >= 15 is 0 Å². The number of esters is 3. The van der Waals surface area contributed by atoms with Gasteiger partial charge in [0.15, 0.2) is 6.10 Å². The molecule has 0 N–H and O–H groups in total. The van der Waals surface area contributed by atoms with Crippen LogP contribution >= 0.6 is 0 Å². The second-order valence-corrected chi connectivity index (χ2v) is 17.5. The fourth-order valence-electron chi connectivity index (χ4n) is 7.04. The van der Waals surface area contributed by atoms with Crippen LogP contribution in [-0.2, 0) is 28.6 Å². The molecule has 0 bridgehead atoms. The van der Waals surface area contributed by atoms with Crippen LogP contribution in [0.15, 0.2) is 134 Å². The van der Waals surface area contributed by atoms with Gasteiger partial charge in [0.1, 0.15) is 13.2 Å². The third-order valence-corrected chi connectivity index (χ3v) is 11.1. The van der Waals surface area contributed by atoms with Gasteiger partial charge in [-0.25, -0.2) is 0 Å². The van der Waals surface area contributed by atoms with E-state index in [9.17, 15) is 14.4 Å². The van der Waals surface area contributed by atoms with Gasteiger partial charge in [-0.3, -0.25) is 14.4 Å². The molecule has 0 saturated heterocycles. The Balaban J connectivity index is 4.58. The molecule has 0 aliphatic heterocycles. The smallest absolute Gasteiger partial charge is 0.306 e. The summed E-state index contributed by atoms with van der Waals surface area (Å²) in [5.74, 6) is -1.03. The first-order valence-electron chi connectivity index (χ1n) is 27.3. The predicted octanol–water partition coefficient (Wildman–Crippen LogP) is 18.3. The summed E-state index contributed by atoms with van der Waals surface area (Å²) < 4.78 is 16.8. The summed E-state index contributed by atoms with van der Waals surface area (Å²) in [6.45, 7) is 6.29. The normalized spacial score (nSPS) is 13.2. The van der Waals surface area contributed by atoms with E-state index in [0.717, 1.165) is 89.9 Å². The van der Waals surface area contributed by atoms with Crippen molar-refractivity contribution in [2.45, 2.75) is 226 Å². The Bertz CT molecular complexity index is 1500. The van der Waals surface area contributed by atoms with Crippen molar-refractivity contribution in [1.29, 1.82) is 0 Å². The van der Waals surface area contributed by atoms with Gasteiger partial charge in [-0.05, 0) is 77.0 Å². The molecule has 6 heteroatoms. The van der Waals surface area contributed by atoms with Crippen molar-refractivity contribution >= 4 is 17.9 Å². The quantitative estimate of drug-likeness (QED) is 0.0199. The fourth-order valence-corrected chi connectivity index (χ4v) is 7.04. The molecule has 0 fully saturated rings. The average molecular weight is 939 g/mol. The van der Waals surface area contributed by atoms with Gasteiger partial charge in [0.2, 0.25) is 0 Å². The van der Waals surface area contributed by atoms with E-state index < -0.39 is 6.10 Å². The third kappa shape index (κ3) is 52.5. The lowest BCUT2D eigenvalue weighted by Gasteiger charge is -2.18. The number of allylic oxidation sites excluding steroid dienone is 22. The second-order valence-electron chi connectivity index (χ2n) is 17.5. The van der Waals surface area contributed by atoms with Crippen LogP contribution in [0.4, 0.5) is 0 Å². The standard InChI is InChI=1S/C62H98O6/c1-4-7-10-13-16-19-22-25-28-31-34-37-40-43-46-49-52-55-61(64)67-58-59(57-66-60(63)54-51-48-45-42-39-36-33-30-27-24-21-18-15-12-9-6-3)68-62(65)56-53-50-47-44-41-38-35-32-29-26-23-20-17-14-11-8-5-2/h7-8,10-11,13,16-17,19-20,22,25-26,28-29,31,34-35,37-38,40,44,47,59H,4-6,9,12,14-15,18,21,23-24,27,30,32-33,36,39,41-43,45-46,48-58H2,1-3H3/b10-7-,11-8-,16-13-,20-17-,22-19-,28-25-,29-26-,34-31+,38-35-,40-37-,47-44-. The molecule has 0 aromatic heterocycles. The number of rotatable bonds is 47. The Kier molecular flexibility index (Phi) is 51.5. The Morgan fingerprint density at radius 3 is 1.10 bits per heavy atom. The zero-order chi connectivity index (χ0) is 49.3. The topological polar surface area (TPSA) is 78.9 Å². The van der Waals surface area contributed by atoms with Gasteiger partial charge in [-0.1, -0.05) is 257 Å². The van der Waals surface area contributed by atoms with Crippen molar-refractivity contribution in [3.63, 3.8) is 0 Å². The van der Waals surface area contributed by atoms with Crippen LogP contribution < -0.4 is 0 Å². The zero-order valence-electron chi connectivity index (χ0n) is 43.6. The molecule has 6 nitrogen and oxygen atoms in total. The van der Waals surface area contributed by atoms with Crippen LogP contribution in [0, 0.1) is 0 Å². The Labute approximate surface area is 417 Å². The summed E-state index contributed by atoms with van der Waals surface area (Å²) in [6, 6.07) is 0. The maximum atomic E-state index is 12.8. The van der Waals surface area contributed by atoms with Crippen molar-refractivity contribution in [1.82, 2.24) is 0 Å².